The summed E-state index contributed by atoms with van der Waals surface area (Å²) in [4.78, 5) is 4.00. The number of rotatable bonds is 4. The third kappa shape index (κ3) is 3.26. The van der Waals surface area contributed by atoms with E-state index in [0.29, 0.717) is 0 Å². The molecule has 2 heterocycles. The van der Waals surface area contributed by atoms with E-state index in [4.69, 9.17) is 5.73 Å². The molecule has 0 spiro atoms. The summed E-state index contributed by atoms with van der Waals surface area (Å²) in [5, 5.41) is 4.31. The van der Waals surface area contributed by atoms with Gasteiger partial charge in [0.05, 0.1) is 12.7 Å². The molecule has 2 N–H and O–H groups in total. The van der Waals surface area contributed by atoms with Crippen LogP contribution in [0.1, 0.15) is 48.8 Å². The Morgan fingerprint density at radius 3 is 2.96 bits per heavy atom. The number of fused-ring (bicyclic) bond motifs is 1. The highest BCUT2D eigenvalue weighted by molar-refractivity contribution is 5.63. The van der Waals surface area contributed by atoms with Gasteiger partial charge in [-0.3, -0.25) is 9.25 Å². The molecule has 3 aromatic rings. The summed E-state index contributed by atoms with van der Waals surface area (Å²) in [7, 11) is 0. The topological polar surface area (TPSA) is 61.7 Å². The molecule has 1 aliphatic carbocycles. The van der Waals surface area contributed by atoms with Gasteiger partial charge in [0.15, 0.2) is 0 Å². The zero-order chi connectivity index (χ0) is 18.1. The van der Waals surface area contributed by atoms with Crippen LogP contribution in [0.5, 0.6) is 0 Å². The molecule has 0 amide bonds. The molecular weight excluding hydrogens is 336 g/mol. The van der Waals surface area contributed by atoms with Crippen LogP contribution < -0.4 is 5.73 Å². The van der Waals surface area contributed by atoms with Crippen molar-refractivity contribution in [1.29, 1.82) is 0 Å². The first-order valence-corrected chi connectivity index (χ1v) is 8.83. The molecule has 1 atom stereocenters. The lowest BCUT2D eigenvalue weighted by atomic mass is 9.96. The Hall–Kier alpha value is -2.54. The maximum absolute atomic E-state index is 12.9. The zero-order valence-electron chi connectivity index (χ0n) is 14.4. The second-order valence-electron chi connectivity index (χ2n) is 6.72. The van der Waals surface area contributed by atoms with Crippen LogP contribution in [0.25, 0.3) is 11.1 Å². The van der Waals surface area contributed by atoms with Gasteiger partial charge in [-0.25, -0.2) is 4.98 Å². The van der Waals surface area contributed by atoms with E-state index in [1.165, 1.54) is 23.5 Å². The number of alkyl halides is 2. The van der Waals surface area contributed by atoms with E-state index >= 15 is 0 Å². The second kappa shape index (κ2) is 6.99. The summed E-state index contributed by atoms with van der Waals surface area (Å²) in [6.07, 6.45) is 10.6. The Morgan fingerprint density at radius 1 is 1.23 bits per heavy atom. The number of nitrogens with zero attached hydrogens (tertiary/aromatic N) is 4. The van der Waals surface area contributed by atoms with Gasteiger partial charge in [-0.15, -0.1) is 0 Å². The summed E-state index contributed by atoms with van der Waals surface area (Å²) in [5.41, 5.74) is 10.8. The SMILES string of the molecule is NC1CCCCc2cc(-c3cnn(Cc4nccn4C(F)F)c3)ccc21. The van der Waals surface area contributed by atoms with Crippen LogP contribution in [0, 0.1) is 0 Å². The van der Waals surface area contributed by atoms with E-state index in [0.717, 1.165) is 41.4 Å². The highest BCUT2D eigenvalue weighted by Gasteiger charge is 2.16. The van der Waals surface area contributed by atoms with Gasteiger partial charge in [0.1, 0.15) is 5.82 Å². The molecule has 1 aliphatic rings. The Morgan fingerprint density at radius 2 is 2.12 bits per heavy atom. The molecule has 0 radical (unpaired) electrons. The van der Waals surface area contributed by atoms with Gasteiger partial charge in [0.25, 0.3) is 0 Å². The quantitative estimate of drug-likeness (QED) is 0.720. The molecule has 7 heteroatoms. The minimum atomic E-state index is -2.60. The molecule has 26 heavy (non-hydrogen) atoms. The molecule has 0 saturated carbocycles. The highest BCUT2D eigenvalue weighted by Crippen LogP contribution is 2.30. The minimum absolute atomic E-state index is 0.109. The van der Waals surface area contributed by atoms with Crippen molar-refractivity contribution in [3.05, 3.63) is 59.9 Å². The van der Waals surface area contributed by atoms with Crippen molar-refractivity contribution in [2.45, 2.75) is 44.8 Å². The summed E-state index contributed by atoms with van der Waals surface area (Å²) in [5.74, 6) is 0.280. The predicted molar refractivity (Wildman–Crippen MR) is 94.7 cm³/mol. The lowest BCUT2D eigenvalue weighted by Gasteiger charge is -2.13. The first-order chi connectivity index (χ1) is 12.6. The van der Waals surface area contributed by atoms with E-state index in [1.807, 2.05) is 6.20 Å². The molecule has 0 aliphatic heterocycles. The molecule has 0 bridgehead atoms. The molecule has 136 valence electrons. The number of aryl methyl sites for hydroxylation is 1. The predicted octanol–water partition coefficient (Wildman–Crippen LogP) is 3.92. The van der Waals surface area contributed by atoms with Gasteiger partial charge in [-0.1, -0.05) is 24.6 Å². The monoisotopic (exact) mass is 357 g/mol. The number of benzene rings is 1. The van der Waals surface area contributed by atoms with Gasteiger partial charge in [-0.05, 0) is 36.0 Å². The number of aromatic nitrogens is 4. The van der Waals surface area contributed by atoms with Crippen molar-refractivity contribution in [2.24, 2.45) is 5.73 Å². The largest absolute Gasteiger partial charge is 0.324 e. The van der Waals surface area contributed by atoms with Crippen LogP contribution in [-0.2, 0) is 13.0 Å². The maximum atomic E-state index is 12.9. The Labute approximate surface area is 150 Å². The number of nitrogens with two attached hydrogens (primary N) is 1. The Balaban J connectivity index is 1.58. The lowest BCUT2D eigenvalue weighted by Crippen LogP contribution is -2.10. The fraction of sp³-hybridized carbons (Fsp3) is 0.368. The Kier molecular flexibility index (Phi) is 4.55. The minimum Gasteiger partial charge on any atom is -0.324 e. The lowest BCUT2D eigenvalue weighted by molar-refractivity contribution is 0.0665. The molecule has 4 rings (SSSR count). The van der Waals surface area contributed by atoms with Crippen molar-refractivity contribution in [2.75, 3.05) is 0 Å². The van der Waals surface area contributed by atoms with Crippen LogP contribution in [0.3, 0.4) is 0 Å². The average molecular weight is 357 g/mol. The standard InChI is InChI=1S/C19H21F2N5/c20-19(21)26-8-7-23-18(26)12-25-11-15(10-24-25)13-5-6-16-14(9-13)3-1-2-4-17(16)22/h5-11,17,19H,1-4,12,22H2. The van der Waals surface area contributed by atoms with E-state index < -0.39 is 6.55 Å². The van der Waals surface area contributed by atoms with Gasteiger partial charge in [-0.2, -0.15) is 13.9 Å². The zero-order valence-corrected chi connectivity index (χ0v) is 14.4. The van der Waals surface area contributed by atoms with Crippen LogP contribution in [0.2, 0.25) is 0 Å². The molecule has 5 nitrogen and oxygen atoms in total. The summed E-state index contributed by atoms with van der Waals surface area (Å²) in [6.45, 7) is -2.40. The number of imidazole rings is 1. The van der Waals surface area contributed by atoms with E-state index in [2.05, 4.69) is 28.3 Å². The van der Waals surface area contributed by atoms with Crippen molar-refractivity contribution in [1.82, 2.24) is 19.3 Å². The molecule has 1 unspecified atom stereocenters. The normalized spacial score (nSPS) is 17.3. The van der Waals surface area contributed by atoms with Gasteiger partial charge >= 0.3 is 6.55 Å². The van der Waals surface area contributed by atoms with Gasteiger partial charge in [0.2, 0.25) is 0 Å². The van der Waals surface area contributed by atoms with Crippen molar-refractivity contribution in [3.8, 4) is 11.1 Å². The van der Waals surface area contributed by atoms with E-state index in [-0.39, 0.29) is 18.4 Å². The average Bonchev–Trinajstić information content (AvgIpc) is 3.24. The summed E-state index contributed by atoms with van der Waals surface area (Å²) >= 11 is 0. The van der Waals surface area contributed by atoms with E-state index in [1.54, 1.807) is 10.9 Å². The third-order valence-electron chi connectivity index (χ3n) is 4.98. The number of hydrogen-bond donors (Lipinski definition) is 1. The smallest absolute Gasteiger partial charge is 0.319 e. The fourth-order valence-corrected chi connectivity index (χ4v) is 3.59. The van der Waals surface area contributed by atoms with Gasteiger partial charge < -0.3 is 5.73 Å². The third-order valence-corrected chi connectivity index (χ3v) is 4.98. The first-order valence-electron chi connectivity index (χ1n) is 8.83. The molecular formula is C19H21F2N5. The van der Waals surface area contributed by atoms with Crippen molar-refractivity contribution in [3.63, 3.8) is 0 Å². The summed E-state index contributed by atoms with van der Waals surface area (Å²) in [6, 6.07) is 6.46. The number of hydrogen-bond acceptors (Lipinski definition) is 3. The maximum Gasteiger partial charge on any atom is 0.319 e. The fourth-order valence-electron chi connectivity index (χ4n) is 3.59. The first kappa shape index (κ1) is 16.9. The number of halogens is 2. The van der Waals surface area contributed by atoms with Gasteiger partial charge in [0, 0.05) is 30.2 Å². The van der Waals surface area contributed by atoms with Crippen molar-refractivity contribution >= 4 is 0 Å². The second-order valence-corrected chi connectivity index (χ2v) is 6.72. The molecule has 0 fully saturated rings. The molecule has 1 aromatic carbocycles. The highest BCUT2D eigenvalue weighted by atomic mass is 19.3. The van der Waals surface area contributed by atoms with Crippen LogP contribution >= 0.6 is 0 Å². The molecule has 2 aromatic heterocycles. The van der Waals surface area contributed by atoms with Crippen LogP contribution in [0.15, 0.2) is 43.0 Å². The summed E-state index contributed by atoms with van der Waals surface area (Å²) < 4.78 is 28.4. The Bertz CT molecular complexity index is 899. The molecule has 0 saturated heterocycles. The van der Waals surface area contributed by atoms with Crippen LogP contribution in [-0.4, -0.2) is 19.3 Å². The van der Waals surface area contributed by atoms with Crippen LogP contribution in [0.4, 0.5) is 8.78 Å². The van der Waals surface area contributed by atoms with Crippen molar-refractivity contribution < 1.29 is 8.78 Å². The van der Waals surface area contributed by atoms with E-state index in [9.17, 15) is 8.78 Å².